The molecule has 2 aromatic rings. The molecule has 2 aliphatic rings. The van der Waals surface area contributed by atoms with E-state index in [4.69, 9.17) is 4.42 Å². The highest BCUT2D eigenvalue weighted by Crippen LogP contribution is 2.36. The summed E-state index contributed by atoms with van der Waals surface area (Å²) in [5.74, 6) is 1.68. The number of aryl methyl sites for hydroxylation is 2. The van der Waals surface area contributed by atoms with Crippen LogP contribution < -0.4 is 5.32 Å². The summed E-state index contributed by atoms with van der Waals surface area (Å²) >= 11 is 0. The van der Waals surface area contributed by atoms with Crippen LogP contribution in [0.2, 0.25) is 0 Å². The van der Waals surface area contributed by atoms with Crippen molar-refractivity contribution >= 4 is 11.0 Å². The molecule has 1 N–H and O–H groups in total. The zero-order chi connectivity index (χ0) is 14.4. The highest BCUT2D eigenvalue weighted by atomic mass is 16.3. The van der Waals surface area contributed by atoms with Crippen molar-refractivity contribution in [3.63, 3.8) is 0 Å². The van der Waals surface area contributed by atoms with Crippen molar-refractivity contribution in [2.24, 2.45) is 0 Å². The standard InChI is InChI=1S/C19H25NO/c1-12(2)19-16-9-13-5-3-4-6-14(13)10-17(16)21-18(19)11-20-15-7-8-15/h9-10,12,15,20H,3-8,11H2,1-2H3. The number of rotatable bonds is 4. The van der Waals surface area contributed by atoms with Gasteiger partial charge in [0.05, 0.1) is 6.54 Å². The van der Waals surface area contributed by atoms with Crippen LogP contribution in [0.4, 0.5) is 0 Å². The molecule has 112 valence electrons. The lowest BCUT2D eigenvalue weighted by atomic mass is 9.89. The van der Waals surface area contributed by atoms with E-state index in [-0.39, 0.29) is 0 Å². The van der Waals surface area contributed by atoms with Crippen LogP contribution in [0.25, 0.3) is 11.0 Å². The molecule has 0 radical (unpaired) electrons. The summed E-state index contributed by atoms with van der Waals surface area (Å²) in [6.45, 7) is 5.45. The lowest BCUT2D eigenvalue weighted by molar-refractivity contribution is 0.502. The van der Waals surface area contributed by atoms with Crippen LogP contribution in [0, 0.1) is 0 Å². The van der Waals surface area contributed by atoms with E-state index >= 15 is 0 Å². The minimum atomic E-state index is 0.517. The number of nitrogens with one attached hydrogen (secondary N) is 1. The molecule has 1 saturated carbocycles. The molecular formula is C19H25NO. The van der Waals surface area contributed by atoms with E-state index in [1.807, 2.05) is 0 Å². The van der Waals surface area contributed by atoms with E-state index in [0.29, 0.717) is 5.92 Å². The lowest BCUT2D eigenvalue weighted by Gasteiger charge is -2.15. The van der Waals surface area contributed by atoms with Crippen LogP contribution in [-0.2, 0) is 19.4 Å². The smallest absolute Gasteiger partial charge is 0.134 e. The first-order chi connectivity index (χ1) is 10.2. The summed E-state index contributed by atoms with van der Waals surface area (Å²) in [7, 11) is 0. The molecule has 1 fully saturated rings. The normalized spacial score (nSPS) is 18.4. The molecule has 0 aliphatic heterocycles. The molecule has 0 atom stereocenters. The Kier molecular flexibility index (Phi) is 3.30. The summed E-state index contributed by atoms with van der Waals surface area (Å²) in [6.07, 6.45) is 7.77. The van der Waals surface area contributed by atoms with Crippen LogP contribution in [0.15, 0.2) is 16.5 Å². The number of benzene rings is 1. The second kappa shape index (κ2) is 5.17. The van der Waals surface area contributed by atoms with Crippen molar-refractivity contribution in [1.29, 1.82) is 0 Å². The van der Waals surface area contributed by atoms with E-state index in [1.54, 1.807) is 5.56 Å². The van der Waals surface area contributed by atoms with Gasteiger partial charge in [-0.15, -0.1) is 0 Å². The van der Waals surface area contributed by atoms with Gasteiger partial charge in [0.1, 0.15) is 11.3 Å². The first-order valence-corrected chi connectivity index (χ1v) is 8.53. The third-order valence-electron chi connectivity index (χ3n) is 4.97. The fourth-order valence-corrected chi connectivity index (χ4v) is 3.68. The van der Waals surface area contributed by atoms with Gasteiger partial charge in [-0.05, 0) is 67.7 Å². The molecule has 21 heavy (non-hydrogen) atoms. The molecule has 2 heteroatoms. The Bertz CT molecular complexity index is 664. The zero-order valence-corrected chi connectivity index (χ0v) is 13.2. The maximum absolute atomic E-state index is 6.24. The summed E-state index contributed by atoms with van der Waals surface area (Å²) in [5.41, 5.74) is 5.59. The molecule has 2 aliphatic carbocycles. The molecule has 0 saturated heterocycles. The van der Waals surface area contributed by atoms with Gasteiger partial charge in [0.2, 0.25) is 0 Å². The molecule has 0 amide bonds. The second-order valence-corrected chi connectivity index (χ2v) is 7.07. The Morgan fingerprint density at radius 3 is 2.52 bits per heavy atom. The zero-order valence-electron chi connectivity index (χ0n) is 13.2. The number of fused-ring (bicyclic) bond motifs is 2. The van der Waals surface area contributed by atoms with E-state index in [2.05, 4.69) is 31.3 Å². The molecule has 1 heterocycles. The maximum Gasteiger partial charge on any atom is 0.134 e. The monoisotopic (exact) mass is 283 g/mol. The van der Waals surface area contributed by atoms with Gasteiger partial charge in [-0.2, -0.15) is 0 Å². The topological polar surface area (TPSA) is 25.2 Å². The first-order valence-electron chi connectivity index (χ1n) is 8.53. The van der Waals surface area contributed by atoms with Crippen molar-refractivity contribution in [2.75, 3.05) is 0 Å². The van der Waals surface area contributed by atoms with Gasteiger partial charge in [0.15, 0.2) is 0 Å². The minimum Gasteiger partial charge on any atom is -0.459 e. The highest BCUT2D eigenvalue weighted by molar-refractivity contribution is 5.84. The Morgan fingerprint density at radius 2 is 1.86 bits per heavy atom. The molecule has 1 aromatic heterocycles. The predicted octanol–water partition coefficient (Wildman–Crippen LogP) is 4.69. The number of hydrogen-bond donors (Lipinski definition) is 1. The van der Waals surface area contributed by atoms with Crippen molar-refractivity contribution in [1.82, 2.24) is 5.32 Å². The summed E-state index contributed by atoms with van der Waals surface area (Å²) in [5, 5.41) is 4.96. The fourth-order valence-electron chi connectivity index (χ4n) is 3.68. The third kappa shape index (κ3) is 2.50. The molecule has 1 aromatic carbocycles. The maximum atomic E-state index is 6.24. The van der Waals surface area contributed by atoms with Crippen molar-refractivity contribution in [2.45, 2.75) is 70.9 Å². The van der Waals surface area contributed by atoms with E-state index in [1.165, 1.54) is 55.0 Å². The van der Waals surface area contributed by atoms with Crippen LogP contribution >= 0.6 is 0 Å². The van der Waals surface area contributed by atoms with Crippen LogP contribution in [-0.4, -0.2) is 6.04 Å². The summed E-state index contributed by atoms with van der Waals surface area (Å²) in [6, 6.07) is 5.46. The Morgan fingerprint density at radius 1 is 1.14 bits per heavy atom. The van der Waals surface area contributed by atoms with E-state index < -0.39 is 0 Å². The third-order valence-corrected chi connectivity index (χ3v) is 4.97. The van der Waals surface area contributed by atoms with Gasteiger partial charge >= 0.3 is 0 Å². The molecule has 2 nitrogen and oxygen atoms in total. The van der Waals surface area contributed by atoms with Gasteiger partial charge < -0.3 is 9.73 Å². The number of hydrogen-bond acceptors (Lipinski definition) is 2. The van der Waals surface area contributed by atoms with Crippen molar-refractivity contribution in [3.8, 4) is 0 Å². The largest absolute Gasteiger partial charge is 0.459 e. The molecular weight excluding hydrogens is 258 g/mol. The quantitative estimate of drug-likeness (QED) is 0.880. The molecule has 0 bridgehead atoms. The SMILES string of the molecule is CC(C)c1c(CNC2CC2)oc2cc3c(cc12)CCCC3. The number of furan rings is 1. The molecule has 0 spiro atoms. The van der Waals surface area contributed by atoms with Crippen LogP contribution in [0.5, 0.6) is 0 Å². The predicted molar refractivity (Wildman–Crippen MR) is 86.8 cm³/mol. The van der Waals surface area contributed by atoms with E-state index in [0.717, 1.165) is 23.9 Å². The average Bonchev–Trinajstić information content (AvgIpc) is 3.23. The van der Waals surface area contributed by atoms with Gasteiger partial charge in [-0.3, -0.25) is 0 Å². The highest BCUT2D eigenvalue weighted by Gasteiger charge is 2.24. The Hall–Kier alpha value is -1.28. The van der Waals surface area contributed by atoms with Gasteiger partial charge in [0.25, 0.3) is 0 Å². The van der Waals surface area contributed by atoms with Gasteiger partial charge in [-0.1, -0.05) is 13.8 Å². The Balaban J connectivity index is 1.78. The van der Waals surface area contributed by atoms with Gasteiger partial charge in [0, 0.05) is 17.0 Å². The minimum absolute atomic E-state index is 0.517. The van der Waals surface area contributed by atoms with Crippen LogP contribution in [0.3, 0.4) is 0 Å². The van der Waals surface area contributed by atoms with E-state index in [9.17, 15) is 0 Å². The average molecular weight is 283 g/mol. The summed E-state index contributed by atoms with van der Waals surface area (Å²) in [4.78, 5) is 0. The molecule has 4 rings (SSSR count). The van der Waals surface area contributed by atoms with Crippen molar-refractivity contribution < 1.29 is 4.42 Å². The second-order valence-electron chi connectivity index (χ2n) is 7.07. The lowest BCUT2D eigenvalue weighted by Crippen LogP contribution is -2.15. The summed E-state index contributed by atoms with van der Waals surface area (Å²) < 4.78 is 6.24. The van der Waals surface area contributed by atoms with Crippen molar-refractivity contribution in [3.05, 3.63) is 34.6 Å². The Labute approximate surface area is 126 Å². The fraction of sp³-hybridized carbons (Fsp3) is 0.579. The van der Waals surface area contributed by atoms with Gasteiger partial charge in [-0.25, -0.2) is 0 Å². The van der Waals surface area contributed by atoms with Crippen LogP contribution in [0.1, 0.15) is 67.9 Å². The first kappa shape index (κ1) is 13.4. The molecule has 0 unspecified atom stereocenters.